The summed E-state index contributed by atoms with van der Waals surface area (Å²) in [6, 6.07) is 5.24. The summed E-state index contributed by atoms with van der Waals surface area (Å²) in [6.07, 6.45) is 3.89. The Bertz CT molecular complexity index is 814. The molecule has 1 fully saturated rings. The van der Waals surface area contributed by atoms with E-state index in [0.717, 1.165) is 44.3 Å². The minimum absolute atomic E-state index is 0.0876. The molecule has 1 aromatic carbocycles. The Morgan fingerprint density at radius 1 is 1.21 bits per heavy atom. The Morgan fingerprint density at radius 3 is 2.57 bits per heavy atom. The number of carbonyl (C=O) groups excluding carboxylic acids is 1. The van der Waals surface area contributed by atoms with Crippen LogP contribution in [-0.2, 0) is 23.3 Å². The molecule has 0 radical (unpaired) electrons. The largest absolute Gasteiger partial charge is 0.343 e. The number of hydrogen-bond acceptors (Lipinski definition) is 5. The van der Waals surface area contributed by atoms with Gasteiger partial charge in [-0.05, 0) is 43.6 Å². The molecular formula is C20H26Cl2N4O2. The molecule has 1 aliphatic carbocycles. The van der Waals surface area contributed by atoms with Crippen LogP contribution in [0.5, 0.6) is 0 Å². The fraction of sp³-hybridized carbons (Fsp3) is 0.550. The summed E-state index contributed by atoms with van der Waals surface area (Å²) in [6.45, 7) is 6.65. The van der Waals surface area contributed by atoms with Crippen LogP contribution in [0, 0.1) is 0 Å². The van der Waals surface area contributed by atoms with E-state index in [0.29, 0.717) is 28.3 Å². The zero-order valence-corrected chi connectivity index (χ0v) is 17.8. The first-order valence-electron chi connectivity index (χ1n) is 9.76. The number of hydrogen-bond donors (Lipinski definition) is 1. The van der Waals surface area contributed by atoms with Gasteiger partial charge in [0.2, 0.25) is 11.8 Å². The highest BCUT2D eigenvalue weighted by molar-refractivity contribution is 6.42. The number of nitrogens with one attached hydrogen (secondary N) is 1. The summed E-state index contributed by atoms with van der Waals surface area (Å²) in [5, 5.41) is 8.31. The van der Waals surface area contributed by atoms with Crippen molar-refractivity contribution in [3.63, 3.8) is 0 Å². The van der Waals surface area contributed by atoms with E-state index in [1.807, 2.05) is 6.07 Å². The molecule has 152 valence electrons. The third-order valence-corrected chi connectivity index (χ3v) is 6.07. The van der Waals surface area contributed by atoms with Crippen molar-refractivity contribution in [2.24, 2.45) is 0 Å². The smallest absolute Gasteiger partial charge is 0.240 e. The number of carbonyl (C=O) groups is 1. The lowest BCUT2D eigenvalue weighted by atomic mass is 9.96. The van der Waals surface area contributed by atoms with Crippen LogP contribution in [0.15, 0.2) is 22.7 Å². The molecule has 0 spiro atoms. The van der Waals surface area contributed by atoms with Crippen LogP contribution in [0.1, 0.15) is 56.8 Å². The molecule has 28 heavy (non-hydrogen) atoms. The van der Waals surface area contributed by atoms with E-state index >= 15 is 0 Å². The molecule has 0 bridgehead atoms. The number of amides is 1. The first-order chi connectivity index (χ1) is 13.5. The van der Waals surface area contributed by atoms with Crippen LogP contribution in [0.25, 0.3) is 0 Å². The van der Waals surface area contributed by atoms with Gasteiger partial charge in [0.1, 0.15) is 5.54 Å². The lowest BCUT2D eigenvalue weighted by molar-refractivity contribution is -0.122. The molecule has 1 amide bonds. The minimum Gasteiger partial charge on any atom is -0.343 e. The Labute approximate surface area is 175 Å². The highest BCUT2D eigenvalue weighted by Gasteiger charge is 2.41. The third kappa shape index (κ3) is 4.85. The van der Waals surface area contributed by atoms with Crippen LogP contribution >= 0.6 is 23.2 Å². The molecule has 2 aromatic rings. The van der Waals surface area contributed by atoms with E-state index in [-0.39, 0.29) is 12.3 Å². The van der Waals surface area contributed by atoms with Gasteiger partial charge in [0.25, 0.3) is 0 Å². The molecule has 0 saturated heterocycles. The van der Waals surface area contributed by atoms with Gasteiger partial charge in [-0.1, -0.05) is 61.1 Å². The number of nitrogens with zero attached hydrogens (tertiary/aromatic N) is 3. The predicted molar refractivity (Wildman–Crippen MR) is 109 cm³/mol. The van der Waals surface area contributed by atoms with Crippen LogP contribution < -0.4 is 5.32 Å². The van der Waals surface area contributed by atoms with Gasteiger partial charge in [-0.15, -0.1) is 0 Å². The second kappa shape index (κ2) is 9.25. The number of rotatable bonds is 8. The second-order valence-corrected chi connectivity index (χ2v) is 8.05. The van der Waals surface area contributed by atoms with Gasteiger partial charge in [-0.25, -0.2) is 0 Å². The molecule has 0 atom stereocenters. The van der Waals surface area contributed by atoms with Crippen LogP contribution in [0.4, 0.5) is 0 Å². The molecule has 1 aliphatic rings. The molecule has 3 rings (SSSR count). The standard InChI is InChI=1S/C20H26Cl2N4O2/c1-3-26(4-2)13-18-23-19(25-28-18)20(9-5-6-10-20)24-17(27)12-14-7-8-15(21)16(22)11-14/h7-8,11H,3-6,9-10,12-13H2,1-2H3,(H,24,27). The predicted octanol–water partition coefficient (Wildman–Crippen LogP) is 4.35. The summed E-state index contributed by atoms with van der Waals surface area (Å²) in [5.74, 6) is 1.08. The Kier molecular flexibility index (Phi) is 6.96. The SMILES string of the molecule is CCN(CC)Cc1nc(C2(NC(=O)Cc3ccc(Cl)c(Cl)c3)CCCC2)no1. The zero-order valence-electron chi connectivity index (χ0n) is 16.3. The van der Waals surface area contributed by atoms with Gasteiger partial charge in [0.15, 0.2) is 5.82 Å². The van der Waals surface area contributed by atoms with E-state index in [1.165, 1.54) is 0 Å². The van der Waals surface area contributed by atoms with Gasteiger partial charge in [-0.2, -0.15) is 4.98 Å². The Balaban J connectivity index is 1.72. The van der Waals surface area contributed by atoms with Gasteiger partial charge < -0.3 is 9.84 Å². The maximum Gasteiger partial charge on any atom is 0.240 e. The first-order valence-corrected chi connectivity index (χ1v) is 10.5. The van der Waals surface area contributed by atoms with Gasteiger partial charge >= 0.3 is 0 Å². The molecule has 0 aliphatic heterocycles. The van der Waals surface area contributed by atoms with Crippen molar-refractivity contribution in [1.29, 1.82) is 0 Å². The van der Waals surface area contributed by atoms with Crippen molar-refractivity contribution in [2.45, 2.75) is 58.0 Å². The van der Waals surface area contributed by atoms with Gasteiger partial charge in [0.05, 0.1) is 23.0 Å². The van der Waals surface area contributed by atoms with Crippen LogP contribution in [-0.4, -0.2) is 34.0 Å². The number of aromatic nitrogens is 2. The maximum absolute atomic E-state index is 12.7. The molecule has 8 heteroatoms. The van der Waals surface area contributed by atoms with Crippen LogP contribution in [0.2, 0.25) is 10.0 Å². The van der Waals surface area contributed by atoms with Crippen LogP contribution in [0.3, 0.4) is 0 Å². The summed E-state index contributed by atoms with van der Waals surface area (Å²) < 4.78 is 5.48. The van der Waals surface area contributed by atoms with E-state index in [2.05, 4.69) is 34.2 Å². The van der Waals surface area contributed by atoms with E-state index in [4.69, 9.17) is 27.7 Å². The van der Waals surface area contributed by atoms with Crippen molar-refractivity contribution in [3.05, 3.63) is 45.5 Å². The van der Waals surface area contributed by atoms with Crippen molar-refractivity contribution in [1.82, 2.24) is 20.4 Å². The second-order valence-electron chi connectivity index (χ2n) is 7.24. The lowest BCUT2D eigenvalue weighted by Gasteiger charge is -2.26. The fourth-order valence-corrected chi connectivity index (χ4v) is 4.00. The van der Waals surface area contributed by atoms with E-state index in [9.17, 15) is 4.79 Å². The van der Waals surface area contributed by atoms with Crippen molar-refractivity contribution in [2.75, 3.05) is 13.1 Å². The molecule has 6 nitrogen and oxygen atoms in total. The number of benzene rings is 1. The first kappa shape index (κ1) is 21.1. The highest BCUT2D eigenvalue weighted by atomic mass is 35.5. The van der Waals surface area contributed by atoms with E-state index < -0.39 is 5.54 Å². The normalized spacial score (nSPS) is 15.9. The van der Waals surface area contributed by atoms with Gasteiger partial charge in [0, 0.05) is 0 Å². The highest BCUT2D eigenvalue weighted by Crippen LogP contribution is 2.37. The minimum atomic E-state index is -0.557. The average Bonchev–Trinajstić information content (AvgIpc) is 3.33. The Morgan fingerprint density at radius 2 is 1.93 bits per heavy atom. The summed E-state index contributed by atoms with van der Waals surface area (Å²) in [5.41, 5.74) is 0.258. The monoisotopic (exact) mass is 424 g/mol. The topological polar surface area (TPSA) is 71.3 Å². The molecule has 0 unspecified atom stereocenters. The molecule has 1 N–H and O–H groups in total. The number of halogens is 2. The molecule has 1 aromatic heterocycles. The van der Waals surface area contributed by atoms with E-state index in [1.54, 1.807) is 12.1 Å². The summed E-state index contributed by atoms with van der Waals surface area (Å²) in [7, 11) is 0. The van der Waals surface area contributed by atoms with Crippen molar-refractivity contribution >= 4 is 29.1 Å². The maximum atomic E-state index is 12.7. The van der Waals surface area contributed by atoms with Crippen molar-refractivity contribution < 1.29 is 9.32 Å². The summed E-state index contributed by atoms with van der Waals surface area (Å²) >= 11 is 12.0. The molecular weight excluding hydrogens is 399 g/mol. The lowest BCUT2D eigenvalue weighted by Crippen LogP contribution is -2.45. The molecule has 1 heterocycles. The fourth-order valence-electron chi connectivity index (χ4n) is 3.68. The van der Waals surface area contributed by atoms with Gasteiger partial charge in [-0.3, -0.25) is 9.69 Å². The summed E-state index contributed by atoms with van der Waals surface area (Å²) in [4.78, 5) is 19.6. The molecule has 1 saturated carbocycles. The average molecular weight is 425 g/mol. The van der Waals surface area contributed by atoms with Crippen molar-refractivity contribution in [3.8, 4) is 0 Å². The zero-order chi connectivity index (χ0) is 20.1. The third-order valence-electron chi connectivity index (χ3n) is 5.33. The Hall–Kier alpha value is -1.63. The quantitative estimate of drug-likeness (QED) is 0.681.